The Balaban J connectivity index is 2.21. The number of ether oxygens (including phenoxy) is 1. The van der Waals surface area contributed by atoms with Gasteiger partial charge < -0.3 is 9.84 Å². The molecule has 0 fully saturated rings. The Labute approximate surface area is 120 Å². The third-order valence-electron chi connectivity index (χ3n) is 2.47. The maximum atomic E-state index is 10.8. The van der Waals surface area contributed by atoms with Gasteiger partial charge in [-0.2, -0.15) is 10.3 Å². The summed E-state index contributed by atoms with van der Waals surface area (Å²) in [7, 11) is 0. The zero-order valence-corrected chi connectivity index (χ0v) is 10.9. The molecule has 0 aliphatic rings. The van der Waals surface area contributed by atoms with E-state index in [9.17, 15) is 4.79 Å². The van der Waals surface area contributed by atoms with Crippen LogP contribution in [0.1, 0.15) is 10.4 Å². The average Bonchev–Trinajstić information content (AvgIpc) is 2.49. The number of amidine groups is 1. The zero-order chi connectivity index (χ0) is 15.1. The van der Waals surface area contributed by atoms with Crippen LogP contribution < -0.4 is 10.1 Å². The normalized spacial score (nSPS) is 10.5. The number of rotatable bonds is 3. The van der Waals surface area contributed by atoms with E-state index in [1.807, 2.05) is 6.07 Å². The molecule has 6 heteroatoms. The molecule has 2 aromatic carbocycles. The Bertz CT molecular complexity index is 688. The molecular formula is C15H11N3O3. The van der Waals surface area contributed by atoms with Gasteiger partial charge in [0.25, 0.3) is 0 Å². The van der Waals surface area contributed by atoms with Gasteiger partial charge in [-0.05, 0) is 36.4 Å². The van der Waals surface area contributed by atoms with Crippen molar-refractivity contribution in [2.45, 2.75) is 0 Å². The van der Waals surface area contributed by atoms with E-state index in [4.69, 9.17) is 15.1 Å². The lowest BCUT2D eigenvalue weighted by molar-refractivity contribution is 0.0697. The monoisotopic (exact) mass is 281 g/mol. The number of nitriles is 1. The lowest BCUT2D eigenvalue weighted by atomic mass is 10.2. The molecule has 0 spiro atoms. The zero-order valence-electron chi connectivity index (χ0n) is 10.9. The summed E-state index contributed by atoms with van der Waals surface area (Å²) in [6.45, 7) is 0. The Morgan fingerprint density at radius 1 is 1.14 bits per heavy atom. The molecule has 2 rings (SSSR count). The Morgan fingerprint density at radius 3 is 2.38 bits per heavy atom. The number of hydrogen-bond acceptors (Lipinski definition) is 4. The highest BCUT2D eigenvalue weighted by Gasteiger charge is 2.04. The lowest BCUT2D eigenvalue weighted by Gasteiger charge is -2.06. The Kier molecular flexibility index (Phi) is 4.51. The maximum Gasteiger partial charge on any atom is 0.335 e. The standard InChI is InChI=1S/C15H11N3O3/c16-10-17-15(21-13-4-2-1-3-5-13)18-12-8-6-11(7-9-12)14(19)20/h1-9H,(H,17,18)(H,19,20). The van der Waals surface area contributed by atoms with Crippen LogP contribution in [0.15, 0.2) is 59.6 Å². The average molecular weight is 281 g/mol. The van der Waals surface area contributed by atoms with Crippen LogP contribution in [0.3, 0.4) is 0 Å². The lowest BCUT2D eigenvalue weighted by Crippen LogP contribution is -2.23. The van der Waals surface area contributed by atoms with Crippen molar-refractivity contribution in [3.05, 3.63) is 60.2 Å². The van der Waals surface area contributed by atoms with Gasteiger partial charge in [0, 0.05) is 0 Å². The van der Waals surface area contributed by atoms with Gasteiger partial charge in [0.1, 0.15) is 5.75 Å². The number of benzene rings is 2. The van der Waals surface area contributed by atoms with E-state index in [0.29, 0.717) is 11.4 Å². The third kappa shape index (κ3) is 4.08. The van der Waals surface area contributed by atoms with Crippen molar-refractivity contribution in [3.8, 4) is 11.9 Å². The largest absolute Gasteiger partial charge is 0.478 e. The highest BCUT2D eigenvalue weighted by molar-refractivity contribution is 5.88. The maximum absolute atomic E-state index is 10.8. The number of para-hydroxylation sites is 1. The van der Waals surface area contributed by atoms with E-state index in [1.165, 1.54) is 24.3 Å². The second-order valence-electron chi connectivity index (χ2n) is 3.92. The van der Waals surface area contributed by atoms with Crippen LogP contribution in [-0.4, -0.2) is 17.1 Å². The Morgan fingerprint density at radius 2 is 1.81 bits per heavy atom. The predicted octanol–water partition coefficient (Wildman–Crippen LogP) is 2.52. The number of carboxylic acids is 1. The van der Waals surface area contributed by atoms with Crippen molar-refractivity contribution in [2.24, 2.45) is 4.99 Å². The summed E-state index contributed by atoms with van der Waals surface area (Å²) in [4.78, 5) is 14.9. The van der Waals surface area contributed by atoms with Gasteiger partial charge in [-0.15, -0.1) is 0 Å². The van der Waals surface area contributed by atoms with E-state index in [-0.39, 0.29) is 11.6 Å². The van der Waals surface area contributed by atoms with Crippen molar-refractivity contribution >= 4 is 17.7 Å². The van der Waals surface area contributed by atoms with Gasteiger partial charge in [-0.25, -0.2) is 10.1 Å². The molecule has 2 N–H and O–H groups in total. The minimum atomic E-state index is -1.01. The summed E-state index contributed by atoms with van der Waals surface area (Å²) < 4.78 is 5.44. The van der Waals surface area contributed by atoms with E-state index < -0.39 is 5.97 Å². The second-order valence-corrected chi connectivity index (χ2v) is 3.92. The number of carbonyl (C=O) groups is 1. The van der Waals surface area contributed by atoms with E-state index in [2.05, 4.69) is 10.3 Å². The van der Waals surface area contributed by atoms with Crippen molar-refractivity contribution in [1.29, 1.82) is 5.26 Å². The first-order valence-electron chi connectivity index (χ1n) is 5.99. The fourth-order valence-electron chi connectivity index (χ4n) is 1.52. The quantitative estimate of drug-likeness (QED) is 0.390. The number of nitrogens with zero attached hydrogens (tertiary/aromatic N) is 2. The van der Waals surface area contributed by atoms with Crippen molar-refractivity contribution in [2.75, 3.05) is 0 Å². The van der Waals surface area contributed by atoms with Crippen molar-refractivity contribution in [1.82, 2.24) is 5.32 Å². The Hall–Kier alpha value is -3.33. The van der Waals surface area contributed by atoms with Gasteiger partial charge in [0.15, 0.2) is 6.19 Å². The fourth-order valence-corrected chi connectivity index (χ4v) is 1.52. The minimum Gasteiger partial charge on any atom is -0.478 e. The molecule has 21 heavy (non-hydrogen) atoms. The SMILES string of the molecule is N#CNC(=Nc1ccc(C(=O)O)cc1)Oc1ccccc1. The number of carboxylic acid groups (broad SMARTS) is 1. The van der Waals surface area contributed by atoms with E-state index in [1.54, 1.807) is 30.5 Å². The summed E-state index contributed by atoms with van der Waals surface area (Å²) in [5, 5.41) is 19.9. The summed E-state index contributed by atoms with van der Waals surface area (Å²) in [5.41, 5.74) is 0.626. The first kappa shape index (κ1) is 14.1. The summed E-state index contributed by atoms with van der Waals surface area (Å²) >= 11 is 0. The molecule has 0 aromatic heterocycles. The smallest absolute Gasteiger partial charge is 0.335 e. The minimum absolute atomic E-state index is 0.00627. The van der Waals surface area contributed by atoms with Gasteiger partial charge in [-0.3, -0.25) is 0 Å². The highest BCUT2D eigenvalue weighted by Crippen LogP contribution is 2.15. The first-order valence-corrected chi connectivity index (χ1v) is 5.99. The molecule has 0 atom stereocenters. The molecule has 0 unspecified atom stereocenters. The molecule has 6 nitrogen and oxygen atoms in total. The second kappa shape index (κ2) is 6.73. The van der Waals surface area contributed by atoms with Crippen LogP contribution in [0.2, 0.25) is 0 Å². The van der Waals surface area contributed by atoms with Gasteiger partial charge in [0.2, 0.25) is 0 Å². The molecule has 104 valence electrons. The number of nitrogens with one attached hydrogen (secondary N) is 1. The predicted molar refractivity (Wildman–Crippen MR) is 76.3 cm³/mol. The van der Waals surface area contributed by atoms with Crippen molar-refractivity contribution < 1.29 is 14.6 Å². The molecule has 0 aliphatic heterocycles. The molecule has 0 bridgehead atoms. The first-order chi connectivity index (χ1) is 10.2. The van der Waals surface area contributed by atoms with E-state index in [0.717, 1.165) is 0 Å². The van der Waals surface area contributed by atoms with Gasteiger partial charge in [-0.1, -0.05) is 18.2 Å². The van der Waals surface area contributed by atoms with Crippen LogP contribution in [-0.2, 0) is 0 Å². The summed E-state index contributed by atoms with van der Waals surface area (Å²) in [5.74, 6) is -0.484. The third-order valence-corrected chi connectivity index (χ3v) is 2.47. The topological polar surface area (TPSA) is 94.7 Å². The molecule has 0 heterocycles. The van der Waals surface area contributed by atoms with Crippen LogP contribution in [0, 0.1) is 11.5 Å². The van der Waals surface area contributed by atoms with Crippen LogP contribution in [0.5, 0.6) is 5.75 Å². The number of aromatic carboxylic acids is 1. The van der Waals surface area contributed by atoms with E-state index >= 15 is 0 Å². The molecule has 0 saturated heterocycles. The van der Waals surface area contributed by atoms with Crippen LogP contribution in [0.4, 0.5) is 5.69 Å². The van der Waals surface area contributed by atoms with Gasteiger partial charge in [0.05, 0.1) is 11.3 Å². The molecular weight excluding hydrogens is 270 g/mol. The molecule has 0 radical (unpaired) electrons. The highest BCUT2D eigenvalue weighted by atomic mass is 16.5. The summed E-state index contributed by atoms with van der Waals surface area (Å²) in [6, 6.07) is 14.8. The molecule has 0 saturated carbocycles. The number of aliphatic imine (C=N–C) groups is 1. The molecule has 0 amide bonds. The fraction of sp³-hybridized carbons (Fsp3) is 0. The van der Waals surface area contributed by atoms with Crippen LogP contribution in [0.25, 0.3) is 0 Å². The number of hydrogen-bond donors (Lipinski definition) is 2. The van der Waals surface area contributed by atoms with Gasteiger partial charge >= 0.3 is 12.0 Å². The van der Waals surface area contributed by atoms with Crippen molar-refractivity contribution in [3.63, 3.8) is 0 Å². The molecule has 2 aromatic rings. The molecule has 0 aliphatic carbocycles. The van der Waals surface area contributed by atoms with Crippen LogP contribution >= 0.6 is 0 Å². The summed E-state index contributed by atoms with van der Waals surface area (Å²) in [6.07, 6.45) is 1.74.